The van der Waals surface area contributed by atoms with Gasteiger partial charge in [-0.2, -0.15) is 5.10 Å². The first-order valence-corrected chi connectivity index (χ1v) is 6.47. The normalized spacial score (nSPS) is 16.4. The summed E-state index contributed by atoms with van der Waals surface area (Å²) >= 11 is 0. The number of aromatic nitrogens is 3. The number of nitrogens with one attached hydrogen (secondary N) is 2. The lowest BCUT2D eigenvalue weighted by Gasteiger charge is -2.11. The number of hydrogen-bond donors (Lipinski definition) is 2. The second-order valence-corrected chi connectivity index (χ2v) is 4.85. The van der Waals surface area contributed by atoms with Gasteiger partial charge in [-0.05, 0) is 25.5 Å². The van der Waals surface area contributed by atoms with Crippen molar-refractivity contribution >= 4 is 17.5 Å². The predicted octanol–water partition coefficient (Wildman–Crippen LogP) is 1.46. The molecule has 6 heteroatoms. The van der Waals surface area contributed by atoms with Crippen LogP contribution in [0.15, 0.2) is 24.3 Å². The summed E-state index contributed by atoms with van der Waals surface area (Å²) in [5.41, 5.74) is 3.67. The summed E-state index contributed by atoms with van der Waals surface area (Å²) in [5.74, 6) is 0.0992. The molecule has 2 heterocycles. The molecule has 3 rings (SSSR count). The molecule has 6 nitrogen and oxygen atoms in total. The fraction of sp³-hybridized carbons (Fsp3) is 0.286. The smallest absolute Gasteiger partial charge is 0.249 e. The van der Waals surface area contributed by atoms with E-state index in [0.29, 0.717) is 6.42 Å². The van der Waals surface area contributed by atoms with Crippen molar-refractivity contribution < 1.29 is 4.79 Å². The summed E-state index contributed by atoms with van der Waals surface area (Å²) < 4.78 is 0. The molecular formula is C14H15N5O. The van der Waals surface area contributed by atoms with Gasteiger partial charge in [0, 0.05) is 12.1 Å². The zero-order chi connectivity index (χ0) is 14.1. The van der Waals surface area contributed by atoms with Crippen LogP contribution in [0.25, 0.3) is 0 Å². The van der Waals surface area contributed by atoms with Crippen molar-refractivity contribution in [1.82, 2.24) is 15.2 Å². The number of fused-ring (bicyclic) bond motifs is 1. The number of amides is 1. The van der Waals surface area contributed by atoms with Crippen molar-refractivity contribution in [3.05, 3.63) is 41.2 Å². The molecule has 0 unspecified atom stereocenters. The van der Waals surface area contributed by atoms with Crippen molar-refractivity contribution in [2.45, 2.75) is 26.3 Å². The average molecular weight is 269 g/mol. The Morgan fingerprint density at radius 2 is 2.05 bits per heavy atom. The Morgan fingerprint density at radius 3 is 2.80 bits per heavy atom. The van der Waals surface area contributed by atoms with E-state index in [0.717, 1.165) is 22.6 Å². The van der Waals surface area contributed by atoms with Gasteiger partial charge in [-0.15, -0.1) is 5.10 Å². The summed E-state index contributed by atoms with van der Waals surface area (Å²) in [6.45, 7) is 3.67. The summed E-state index contributed by atoms with van der Waals surface area (Å²) in [6.07, 6.45) is 0.667. The maximum absolute atomic E-state index is 12.2. The molecule has 1 aliphatic heterocycles. The van der Waals surface area contributed by atoms with E-state index in [2.05, 4.69) is 25.8 Å². The lowest BCUT2D eigenvalue weighted by molar-refractivity contribution is -0.116. The quantitative estimate of drug-likeness (QED) is 0.863. The molecule has 0 saturated carbocycles. The first-order chi connectivity index (χ1) is 9.63. The highest BCUT2D eigenvalue weighted by Gasteiger charge is 2.26. The van der Waals surface area contributed by atoms with Crippen LogP contribution >= 0.6 is 0 Å². The van der Waals surface area contributed by atoms with Crippen LogP contribution in [0.5, 0.6) is 0 Å². The molecule has 0 radical (unpaired) electrons. The van der Waals surface area contributed by atoms with Crippen LogP contribution in [0.4, 0.5) is 11.6 Å². The Kier molecular flexibility index (Phi) is 3.06. The number of anilines is 2. The van der Waals surface area contributed by atoms with Crippen LogP contribution in [0, 0.1) is 13.8 Å². The molecule has 2 aromatic rings. The van der Waals surface area contributed by atoms with Gasteiger partial charge < -0.3 is 5.32 Å². The van der Waals surface area contributed by atoms with Crippen LogP contribution in [-0.2, 0) is 11.2 Å². The van der Waals surface area contributed by atoms with Gasteiger partial charge in [-0.3, -0.25) is 10.1 Å². The number of rotatable bonds is 2. The van der Waals surface area contributed by atoms with E-state index in [9.17, 15) is 4.79 Å². The molecule has 102 valence electrons. The maximum Gasteiger partial charge on any atom is 0.249 e. The van der Waals surface area contributed by atoms with E-state index in [1.165, 1.54) is 0 Å². The molecule has 1 atom stereocenters. The third kappa shape index (κ3) is 2.32. The van der Waals surface area contributed by atoms with Crippen molar-refractivity contribution in [3.63, 3.8) is 0 Å². The number of benzene rings is 1. The van der Waals surface area contributed by atoms with Crippen LogP contribution in [0.2, 0.25) is 0 Å². The minimum atomic E-state index is -0.294. The zero-order valence-electron chi connectivity index (χ0n) is 11.3. The molecule has 1 aromatic carbocycles. The van der Waals surface area contributed by atoms with Crippen LogP contribution < -0.4 is 10.6 Å². The Balaban J connectivity index is 1.71. The first-order valence-electron chi connectivity index (χ1n) is 6.47. The second kappa shape index (κ2) is 4.88. The molecule has 0 aliphatic carbocycles. The van der Waals surface area contributed by atoms with Gasteiger partial charge in [-0.25, -0.2) is 4.98 Å². The minimum absolute atomic E-state index is 0.147. The van der Waals surface area contributed by atoms with Gasteiger partial charge in [0.25, 0.3) is 0 Å². The van der Waals surface area contributed by atoms with Gasteiger partial charge in [0.1, 0.15) is 6.04 Å². The third-order valence-corrected chi connectivity index (χ3v) is 3.41. The largest absolute Gasteiger partial charge is 0.373 e. The van der Waals surface area contributed by atoms with Crippen LogP contribution in [-0.4, -0.2) is 27.1 Å². The molecule has 1 amide bonds. The van der Waals surface area contributed by atoms with Gasteiger partial charge in [0.2, 0.25) is 11.9 Å². The number of carbonyl (C=O) groups excluding carboxylic acids is 1. The van der Waals surface area contributed by atoms with E-state index < -0.39 is 0 Å². The van der Waals surface area contributed by atoms with Gasteiger partial charge in [0.05, 0.1) is 11.4 Å². The molecule has 1 aromatic heterocycles. The molecule has 0 saturated heterocycles. The van der Waals surface area contributed by atoms with Gasteiger partial charge in [-0.1, -0.05) is 18.2 Å². The number of aryl methyl sites for hydroxylation is 2. The number of carbonyl (C=O) groups is 1. The Bertz CT molecular complexity index is 645. The average Bonchev–Trinajstić information content (AvgIpc) is 2.87. The molecule has 20 heavy (non-hydrogen) atoms. The Morgan fingerprint density at radius 1 is 1.25 bits per heavy atom. The van der Waals surface area contributed by atoms with E-state index in [-0.39, 0.29) is 17.9 Å². The van der Waals surface area contributed by atoms with Gasteiger partial charge >= 0.3 is 0 Å². The van der Waals surface area contributed by atoms with Crippen molar-refractivity contribution in [3.8, 4) is 0 Å². The molecule has 0 bridgehead atoms. The monoisotopic (exact) mass is 269 g/mol. The second-order valence-electron chi connectivity index (χ2n) is 4.85. The molecule has 0 fully saturated rings. The highest BCUT2D eigenvalue weighted by Crippen LogP contribution is 2.25. The molecule has 0 spiro atoms. The van der Waals surface area contributed by atoms with Crippen molar-refractivity contribution in [1.29, 1.82) is 0 Å². The molecule has 1 aliphatic rings. The number of para-hydroxylation sites is 1. The fourth-order valence-electron chi connectivity index (χ4n) is 2.16. The van der Waals surface area contributed by atoms with Crippen molar-refractivity contribution in [2.75, 3.05) is 10.6 Å². The van der Waals surface area contributed by atoms with E-state index in [1.807, 2.05) is 38.1 Å². The standard InChI is InChI=1S/C14H15N5O/c1-8-9(2)18-19-14(15-8)17-13(20)12-7-10-5-3-4-6-11(10)16-12/h3-6,12,16H,7H2,1-2H3,(H,15,17,19,20)/t12-/m0/s1. The fourth-order valence-corrected chi connectivity index (χ4v) is 2.16. The topological polar surface area (TPSA) is 79.8 Å². The van der Waals surface area contributed by atoms with Crippen molar-refractivity contribution in [2.24, 2.45) is 0 Å². The predicted molar refractivity (Wildman–Crippen MR) is 75.5 cm³/mol. The van der Waals surface area contributed by atoms with Crippen LogP contribution in [0.3, 0.4) is 0 Å². The van der Waals surface area contributed by atoms with E-state index >= 15 is 0 Å². The zero-order valence-corrected chi connectivity index (χ0v) is 11.3. The molecule has 2 N–H and O–H groups in total. The minimum Gasteiger partial charge on any atom is -0.373 e. The highest BCUT2D eigenvalue weighted by atomic mass is 16.2. The van der Waals surface area contributed by atoms with Gasteiger partial charge in [0.15, 0.2) is 0 Å². The SMILES string of the molecule is Cc1nnc(NC(=O)[C@@H]2Cc3ccccc3N2)nc1C. The van der Waals surface area contributed by atoms with Crippen LogP contribution in [0.1, 0.15) is 17.0 Å². The molecular weight excluding hydrogens is 254 g/mol. The number of nitrogens with zero attached hydrogens (tertiary/aromatic N) is 3. The summed E-state index contributed by atoms with van der Waals surface area (Å²) in [5, 5.41) is 13.7. The highest BCUT2D eigenvalue weighted by molar-refractivity contribution is 5.96. The Labute approximate surface area is 116 Å². The third-order valence-electron chi connectivity index (χ3n) is 3.41. The first kappa shape index (κ1) is 12.5. The van der Waals surface area contributed by atoms with E-state index in [1.54, 1.807) is 0 Å². The lowest BCUT2D eigenvalue weighted by atomic mass is 10.1. The number of hydrogen-bond acceptors (Lipinski definition) is 5. The summed E-state index contributed by atoms with van der Waals surface area (Å²) in [4.78, 5) is 16.4. The maximum atomic E-state index is 12.2. The summed E-state index contributed by atoms with van der Waals surface area (Å²) in [7, 11) is 0. The summed E-state index contributed by atoms with van der Waals surface area (Å²) in [6, 6.07) is 7.61. The lowest BCUT2D eigenvalue weighted by Crippen LogP contribution is -2.33. The Hall–Kier alpha value is -2.50. The van der Waals surface area contributed by atoms with E-state index in [4.69, 9.17) is 0 Å².